The number of para-hydroxylation sites is 1. The first-order chi connectivity index (χ1) is 9.49. The van der Waals surface area contributed by atoms with Gasteiger partial charge in [0, 0.05) is 28.4 Å². The number of aromatic nitrogens is 1. The van der Waals surface area contributed by atoms with E-state index in [2.05, 4.69) is 74.7 Å². The van der Waals surface area contributed by atoms with Gasteiger partial charge in [-0.05, 0) is 42.5 Å². The van der Waals surface area contributed by atoms with Crippen LogP contribution in [0, 0.1) is 5.41 Å². The summed E-state index contributed by atoms with van der Waals surface area (Å²) in [5, 5.41) is 2.77. The molecule has 0 spiro atoms. The van der Waals surface area contributed by atoms with E-state index in [-0.39, 0.29) is 0 Å². The van der Waals surface area contributed by atoms with Gasteiger partial charge in [-0.3, -0.25) is 0 Å². The van der Waals surface area contributed by atoms with Gasteiger partial charge >= 0.3 is 0 Å². The Labute approximate surface area is 121 Å². The molecule has 0 atom stereocenters. The van der Waals surface area contributed by atoms with Crippen molar-refractivity contribution in [1.29, 1.82) is 0 Å². The van der Waals surface area contributed by atoms with Crippen LogP contribution in [0.3, 0.4) is 0 Å². The fourth-order valence-corrected chi connectivity index (χ4v) is 3.16. The molecule has 3 rings (SSSR count). The van der Waals surface area contributed by atoms with E-state index in [1.807, 2.05) is 0 Å². The lowest BCUT2D eigenvalue weighted by Gasteiger charge is -2.18. The number of rotatable bonds is 2. The molecule has 0 bridgehead atoms. The molecular formula is C19H23N. The van der Waals surface area contributed by atoms with Crippen LogP contribution >= 0.6 is 0 Å². The third-order valence-electron chi connectivity index (χ3n) is 3.89. The van der Waals surface area contributed by atoms with Crippen LogP contribution in [0.15, 0.2) is 42.5 Å². The van der Waals surface area contributed by atoms with E-state index in [1.165, 1.54) is 27.4 Å². The van der Waals surface area contributed by atoms with Crippen LogP contribution in [0.5, 0.6) is 0 Å². The number of nitrogens with zero attached hydrogens (tertiary/aromatic N) is 1. The molecule has 0 saturated carbocycles. The largest absolute Gasteiger partial charge is 0.341 e. The number of hydrogen-bond donors (Lipinski definition) is 0. The Morgan fingerprint density at radius 1 is 0.900 bits per heavy atom. The summed E-state index contributed by atoms with van der Waals surface area (Å²) in [6.45, 7) is 10.1. The van der Waals surface area contributed by atoms with Crippen LogP contribution in [-0.2, 0) is 13.0 Å². The summed E-state index contributed by atoms with van der Waals surface area (Å²) in [7, 11) is 0. The summed E-state index contributed by atoms with van der Waals surface area (Å²) < 4.78 is 2.41. The molecule has 1 heterocycles. The zero-order valence-corrected chi connectivity index (χ0v) is 12.9. The van der Waals surface area contributed by atoms with Gasteiger partial charge in [0.05, 0.1) is 0 Å². The Bertz CT molecular complexity index is 756. The van der Waals surface area contributed by atoms with Crippen LogP contribution in [0.1, 0.15) is 33.3 Å². The van der Waals surface area contributed by atoms with Crippen molar-refractivity contribution in [1.82, 2.24) is 4.57 Å². The van der Waals surface area contributed by atoms with Gasteiger partial charge in [0.25, 0.3) is 0 Å². The van der Waals surface area contributed by atoms with Gasteiger partial charge in [-0.15, -0.1) is 0 Å². The maximum absolute atomic E-state index is 2.41. The molecule has 20 heavy (non-hydrogen) atoms. The maximum Gasteiger partial charge on any atom is 0.0491 e. The van der Waals surface area contributed by atoms with Gasteiger partial charge in [0.15, 0.2) is 0 Å². The molecule has 1 nitrogen and oxygen atoms in total. The highest BCUT2D eigenvalue weighted by molar-refractivity contribution is 6.08. The molecule has 0 aliphatic heterocycles. The fraction of sp³-hybridized carbons (Fsp3) is 0.368. The lowest BCUT2D eigenvalue weighted by molar-refractivity contribution is 0.411. The molecule has 104 valence electrons. The minimum atomic E-state index is 0.330. The first-order valence-corrected chi connectivity index (χ1v) is 7.49. The van der Waals surface area contributed by atoms with E-state index in [0.29, 0.717) is 5.41 Å². The fourth-order valence-electron chi connectivity index (χ4n) is 3.16. The maximum atomic E-state index is 2.41. The number of hydrogen-bond acceptors (Lipinski definition) is 0. The van der Waals surface area contributed by atoms with E-state index in [0.717, 1.165) is 13.0 Å². The van der Waals surface area contributed by atoms with Crippen LogP contribution in [0.25, 0.3) is 21.8 Å². The smallest absolute Gasteiger partial charge is 0.0491 e. The Kier molecular flexibility index (Phi) is 3.08. The zero-order valence-electron chi connectivity index (χ0n) is 12.9. The molecule has 0 fully saturated rings. The van der Waals surface area contributed by atoms with E-state index in [1.54, 1.807) is 0 Å². The quantitative estimate of drug-likeness (QED) is 0.584. The van der Waals surface area contributed by atoms with Crippen LogP contribution in [0.2, 0.25) is 0 Å². The van der Waals surface area contributed by atoms with E-state index in [9.17, 15) is 0 Å². The van der Waals surface area contributed by atoms with E-state index in [4.69, 9.17) is 0 Å². The van der Waals surface area contributed by atoms with Crippen molar-refractivity contribution in [3.63, 3.8) is 0 Å². The van der Waals surface area contributed by atoms with Crippen molar-refractivity contribution in [2.75, 3.05) is 0 Å². The highest BCUT2D eigenvalue weighted by atomic mass is 15.0. The standard InChI is InChI=1S/C19H23N/c1-5-20-17-9-7-6-8-15(17)16-12-14(10-11-18(16)20)13-19(2,3)4/h6-12H,5,13H2,1-4H3. The second-order valence-corrected chi connectivity index (χ2v) is 6.85. The second-order valence-electron chi connectivity index (χ2n) is 6.85. The summed E-state index contributed by atoms with van der Waals surface area (Å²) in [4.78, 5) is 0. The van der Waals surface area contributed by atoms with Crippen molar-refractivity contribution >= 4 is 21.8 Å². The van der Waals surface area contributed by atoms with Crippen molar-refractivity contribution in [2.24, 2.45) is 5.41 Å². The van der Waals surface area contributed by atoms with E-state index < -0.39 is 0 Å². The molecule has 0 aliphatic carbocycles. The summed E-state index contributed by atoms with van der Waals surface area (Å²) >= 11 is 0. The SMILES string of the molecule is CCn1c2ccccc2c2cc(CC(C)(C)C)ccc21. The third-order valence-corrected chi connectivity index (χ3v) is 3.89. The van der Waals surface area contributed by atoms with Gasteiger partial charge in [0.2, 0.25) is 0 Å². The number of aryl methyl sites for hydroxylation is 1. The number of benzene rings is 2. The molecule has 0 radical (unpaired) electrons. The highest BCUT2D eigenvalue weighted by Gasteiger charge is 2.14. The van der Waals surface area contributed by atoms with Crippen LogP contribution < -0.4 is 0 Å². The summed E-state index contributed by atoms with van der Waals surface area (Å²) in [6, 6.07) is 15.7. The predicted octanol–water partition coefficient (Wildman–Crippen LogP) is 5.40. The molecule has 0 aliphatic rings. The van der Waals surface area contributed by atoms with Gasteiger partial charge in [-0.1, -0.05) is 45.0 Å². The lowest BCUT2D eigenvalue weighted by atomic mass is 9.88. The molecule has 2 aromatic carbocycles. The Balaban J connectivity index is 2.26. The second kappa shape index (κ2) is 4.66. The van der Waals surface area contributed by atoms with Gasteiger partial charge in [-0.2, -0.15) is 0 Å². The summed E-state index contributed by atoms with van der Waals surface area (Å²) in [6.07, 6.45) is 1.12. The van der Waals surface area contributed by atoms with Crippen molar-refractivity contribution < 1.29 is 0 Å². The first-order valence-electron chi connectivity index (χ1n) is 7.49. The van der Waals surface area contributed by atoms with Gasteiger partial charge in [0.1, 0.15) is 0 Å². The minimum absolute atomic E-state index is 0.330. The number of fused-ring (bicyclic) bond motifs is 3. The molecule has 0 amide bonds. The molecule has 0 saturated heterocycles. The first kappa shape index (κ1) is 13.2. The van der Waals surface area contributed by atoms with Crippen LogP contribution in [-0.4, -0.2) is 4.57 Å². The Hall–Kier alpha value is -1.76. The molecule has 1 heteroatoms. The molecule has 0 unspecified atom stereocenters. The van der Waals surface area contributed by atoms with Crippen LogP contribution in [0.4, 0.5) is 0 Å². The Morgan fingerprint density at radius 2 is 1.60 bits per heavy atom. The van der Waals surface area contributed by atoms with E-state index >= 15 is 0 Å². The molecule has 1 aromatic heterocycles. The highest BCUT2D eigenvalue weighted by Crippen LogP contribution is 2.31. The van der Waals surface area contributed by atoms with Crippen molar-refractivity contribution in [3.05, 3.63) is 48.0 Å². The summed E-state index contributed by atoms with van der Waals surface area (Å²) in [5.41, 5.74) is 4.46. The topological polar surface area (TPSA) is 4.93 Å². The average Bonchev–Trinajstić information content (AvgIpc) is 2.70. The normalized spacial score (nSPS) is 12.4. The van der Waals surface area contributed by atoms with Gasteiger partial charge in [-0.25, -0.2) is 0 Å². The summed E-state index contributed by atoms with van der Waals surface area (Å²) in [5.74, 6) is 0. The molecule has 0 N–H and O–H groups in total. The van der Waals surface area contributed by atoms with Crippen molar-refractivity contribution in [2.45, 2.75) is 40.7 Å². The van der Waals surface area contributed by atoms with Gasteiger partial charge < -0.3 is 4.57 Å². The lowest BCUT2D eigenvalue weighted by Crippen LogP contribution is -2.08. The monoisotopic (exact) mass is 265 g/mol. The minimum Gasteiger partial charge on any atom is -0.341 e. The zero-order chi connectivity index (χ0) is 14.3. The molecular weight excluding hydrogens is 242 g/mol. The average molecular weight is 265 g/mol. The third kappa shape index (κ3) is 2.22. The Morgan fingerprint density at radius 3 is 2.30 bits per heavy atom. The van der Waals surface area contributed by atoms with Crippen molar-refractivity contribution in [3.8, 4) is 0 Å². The molecule has 3 aromatic rings. The predicted molar refractivity (Wildman–Crippen MR) is 88.3 cm³/mol.